The number of benzene rings is 1. The molecule has 2 N–H and O–H groups in total. The highest BCUT2D eigenvalue weighted by Crippen LogP contribution is 2.18. The van der Waals surface area contributed by atoms with E-state index in [4.69, 9.17) is 5.11 Å². The molecule has 92 valence electrons. The molecule has 0 aliphatic rings. The minimum absolute atomic E-state index is 0.235. The molecule has 1 atom stereocenters. The van der Waals surface area contributed by atoms with Crippen LogP contribution in [0.15, 0.2) is 24.3 Å². The van der Waals surface area contributed by atoms with E-state index in [1.54, 1.807) is 26.0 Å². The first-order chi connectivity index (χ1) is 7.93. The Labute approximate surface area is 101 Å². The van der Waals surface area contributed by atoms with Crippen molar-refractivity contribution in [2.45, 2.75) is 26.8 Å². The monoisotopic (exact) mass is 235 g/mol. The van der Waals surface area contributed by atoms with Gasteiger partial charge in [0.25, 0.3) is 0 Å². The van der Waals surface area contributed by atoms with E-state index >= 15 is 0 Å². The van der Waals surface area contributed by atoms with E-state index in [2.05, 4.69) is 5.32 Å². The predicted octanol–water partition coefficient (Wildman–Crippen LogP) is 1.89. The molecule has 1 rings (SSSR count). The van der Waals surface area contributed by atoms with Crippen LogP contribution in [0, 0.1) is 12.8 Å². The molecule has 0 bridgehead atoms. The number of carboxylic acid groups (broad SMARTS) is 1. The largest absolute Gasteiger partial charge is 0.479 e. The normalized spacial score (nSPS) is 12.2. The summed E-state index contributed by atoms with van der Waals surface area (Å²) in [6.45, 7) is 5.28. The van der Waals surface area contributed by atoms with Crippen LogP contribution in [-0.2, 0) is 9.59 Å². The summed E-state index contributed by atoms with van der Waals surface area (Å²) in [6, 6.07) is 6.16. The van der Waals surface area contributed by atoms with Gasteiger partial charge < -0.3 is 10.4 Å². The molecule has 1 amide bonds. The topological polar surface area (TPSA) is 66.4 Å². The molecule has 1 unspecified atom stereocenters. The van der Waals surface area contributed by atoms with Gasteiger partial charge in [0, 0.05) is 5.92 Å². The lowest BCUT2D eigenvalue weighted by atomic mass is 10.0. The maximum atomic E-state index is 11.6. The van der Waals surface area contributed by atoms with Gasteiger partial charge in [0.15, 0.2) is 6.04 Å². The van der Waals surface area contributed by atoms with E-state index in [0.29, 0.717) is 5.56 Å². The van der Waals surface area contributed by atoms with Gasteiger partial charge in [-0.15, -0.1) is 0 Å². The maximum absolute atomic E-state index is 11.6. The van der Waals surface area contributed by atoms with E-state index in [0.717, 1.165) is 5.56 Å². The van der Waals surface area contributed by atoms with Gasteiger partial charge in [-0.1, -0.05) is 38.1 Å². The van der Waals surface area contributed by atoms with E-state index < -0.39 is 12.0 Å². The zero-order chi connectivity index (χ0) is 13.0. The average Bonchev–Trinajstić information content (AvgIpc) is 2.26. The molecule has 0 saturated heterocycles. The Kier molecular flexibility index (Phi) is 4.26. The Hall–Kier alpha value is -1.84. The van der Waals surface area contributed by atoms with Crippen molar-refractivity contribution in [3.63, 3.8) is 0 Å². The zero-order valence-corrected chi connectivity index (χ0v) is 10.2. The number of amides is 1. The highest BCUT2D eigenvalue weighted by molar-refractivity contribution is 5.85. The fourth-order valence-corrected chi connectivity index (χ4v) is 1.49. The van der Waals surface area contributed by atoms with Gasteiger partial charge >= 0.3 is 5.97 Å². The summed E-state index contributed by atoms with van der Waals surface area (Å²) < 4.78 is 0. The molecule has 0 saturated carbocycles. The number of aliphatic carboxylic acids is 1. The number of rotatable bonds is 4. The van der Waals surface area contributed by atoms with Gasteiger partial charge in [-0.2, -0.15) is 0 Å². The fraction of sp³-hybridized carbons (Fsp3) is 0.385. The van der Waals surface area contributed by atoms with Gasteiger partial charge in [-0.3, -0.25) is 4.79 Å². The predicted molar refractivity (Wildman–Crippen MR) is 64.5 cm³/mol. The number of hydrogen-bond donors (Lipinski definition) is 2. The van der Waals surface area contributed by atoms with Crippen molar-refractivity contribution >= 4 is 11.9 Å². The summed E-state index contributed by atoms with van der Waals surface area (Å²) in [5.41, 5.74) is 1.47. The molecule has 0 heterocycles. The van der Waals surface area contributed by atoms with Gasteiger partial charge in [0.2, 0.25) is 5.91 Å². The quantitative estimate of drug-likeness (QED) is 0.837. The minimum atomic E-state index is -1.05. The molecule has 0 fully saturated rings. The third-order valence-electron chi connectivity index (χ3n) is 2.56. The Morgan fingerprint density at radius 3 is 2.29 bits per heavy atom. The molecule has 1 aromatic rings. The van der Waals surface area contributed by atoms with Crippen LogP contribution in [0.2, 0.25) is 0 Å². The summed E-state index contributed by atoms with van der Waals surface area (Å²) in [4.78, 5) is 22.8. The maximum Gasteiger partial charge on any atom is 0.330 e. The third-order valence-corrected chi connectivity index (χ3v) is 2.56. The van der Waals surface area contributed by atoms with Crippen LogP contribution in [0.5, 0.6) is 0 Å². The van der Waals surface area contributed by atoms with Crippen molar-refractivity contribution in [1.29, 1.82) is 0 Å². The van der Waals surface area contributed by atoms with E-state index in [1.807, 2.05) is 19.1 Å². The number of carbonyl (C=O) groups excluding carboxylic acids is 1. The zero-order valence-electron chi connectivity index (χ0n) is 10.2. The van der Waals surface area contributed by atoms with Gasteiger partial charge in [-0.05, 0) is 18.1 Å². The highest BCUT2D eigenvalue weighted by atomic mass is 16.4. The first kappa shape index (κ1) is 13.2. The number of nitrogens with one attached hydrogen (secondary N) is 1. The molecule has 1 aromatic carbocycles. The molecule has 0 aliphatic carbocycles. The molecule has 0 aromatic heterocycles. The first-order valence-corrected chi connectivity index (χ1v) is 5.52. The molecule has 4 heteroatoms. The lowest BCUT2D eigenvalue weighted by Crippen LogP contribution is -2.36. The van der Waals surface area contributed by atoms with E-state index in [9.17, 15) is 9.59 Å². The van der Waals surface area contributed by atoms with Crippen LogP contribution >= 0.6 is 0 Å². The standard InChI is InChI=1S/C13H17NO3/c1-8(2)12(15)14-11(13(16)17)10-7-5-4-6-9(10)3/h4-8,11H,1-3H3,(H,14,15)(H,16,17). The second-order valence-corrected chi connectivity index (χ2v) is 4.29. The Balaban J connectivity index is 2.99. The lowest BCUT2D eigenvalue weighted by molar-refractivity contribution is -0.142. The Morgan fingerprint density at radius 2 is 1.82 bits per heavy atom. The summed E-state index contributed by atoms with van der Waals surface area (Å²) >= 11 is 0. The summed E-state index contributed by atoms with van der Waals surface area (Å²) in [5.74, 6) is -1.55. The van der Waals surface area contributed by atoms with Crippen molar-refractivity contribution in [3.05, 3.63) is 35.4 Å². The molecular weight excluding hydrogens is 218 g/mol. The molecule has 0 aliphatic heterocycles. The van der Waals surface area contributed by atoms with Crippen LogP contribution < -0.4 is 5.32 Å². The van der Waals surface area contributed by atoms with Crippen LogP contribution in [0.3, 0.4) is 0 Å². The van der Waals surface area contributed by atoms with Crippen LogP contribution in [0.1, 0.15) is 31.0 Å². The fourth-order valence-electron chi connectivity index (χ4n) is 1.49. The molecule has 4 nitrogen and oxygen atoms in total. The summed E-state index contributed by atoms with van der Waals surface area (Å²) in [5, 5.41) is 11.7. The number of hydrogen-bond acceptors (Lipinski definition) is 2. The van der Waals surface area contributed by atoms with Crippen molar-refractivity contribution in [2.75, 3.05) is 0 Å². The minimum Gasteiger partial charge on any atom is -0.479 e. The third kappa shape index (κ3) is 3.31. The van der Waals surface area contributed by atoms with Gasteiger partial charge in [0.05, 0.1) is 0 Å². The molecule has 17 heavy (non-hydrogen) atoms. The Morgan fingerprint density at radius 1 is 1.24 bits per heavy atom. The summed E-state index contributed by atoms with van der Waals surface area (Å²) in [7, 11) is 0. The van der Waals surface area contributed by atoms with Crippen LogP contribution in [0.4, 0.5) is 0 Å². The number of aryl methyl sites for hydroxylation is 1. The lowest BCUT2D eigenvalue weighted by Gasteiger charge is -2.18. The molecule has 0 spiro atoms. The second-order valence-electron chi connectivity index (χ2n) is 4.29. The highest BCUT2D eigenvalue weighted by Gasteiger charge is 2.24. The van der Waals surface area contributed by atoms with Crippen LogP contribution in [0.25, 0.3) is 0 Å². The van der Waals surface area contributed by atoms with Crippen molar-refractivity contribution in [1.82, 2.24) is 5.32 Å². The smallest absolute Gasteiger partial charge is 0.330 e. The van der Waals surface area contributed by atoms with Gasteiger partial charge in [0.1, 0.15) is 0 Å². The number of carbonyl (C=O) groups is 2. The van der Waals surface area contributed by atoms with E-state index in [1.165, 1.54) is 0 Å². The van der Waals surface area contributed by atoms with E-state index in [-0.39, 0.29) is 11.8 Å². The van der Waals surface area contributed by atoms with Crippen molar-refractivity contribution < 1.29 is 14.7 Å². The van der Waals surface area contributed by atoms with Gasteiger partial charge in [-0.25, -0.2) is 4.79 Å². The summed E-state index contributed by atoms with van der Waals surface area (Å²) in [6.07, 6.45) is 0. The SMILES string of the molecule is Cc1ccccc1C(NC(=O)C(C)C)C(=O)O. The van der Waals surface area contributed by atoms with Crippen LogP contribution in [-0.4, -0.2) is 17.0 Å². The van der Waals surface area contributed by atoms with Crippen molar-refractivity contribution in [3.8, 4) is 0 Å². The van der Waals surface area contributed by atoms with Crippen molar-refractivity contribution in [2.24, 2.45) is 5.92 Å². The molecular formula is C13H17NO3. The molecule has 0 radical (unpaired) electrons. The Bertz CT molecular complexity index is 426. The average molecular weight is 235 g/mol. The first-order valence-electron chi connectivity index (χ1n) is 5.52. The second kappa shape index (κ2) is 5.48. The number of carboxylic acids is 1.